The summed E-state index contributed by atoms with van der Waals surface area (Å²) in [6, 6.07) is 5.20. The number of hydrogen-bond acceptors (Lipinski definition) is 4. The van der Waals surface area contributed by atoms with Crippen LogP contribution >= 0.6 is 0 Å². The number of rotatable bonds is 4. The van der Waals surface area contributed by atoms with Gasteiger partial charge in [-0.15, -0.1) is 0 Å². The summed E-state index contributed by atoms with van der Waals surface area (Å²) >= 11 is 0. The quantitative estimate of drug-likeness (QED) is 0.776. The molecule has 0 radical (unpaired) electrons. The Bertz CT molecular complexity index is 502. The highest BCUT2D eigenvalue weighted by atomic mass is 16.5. The van der Waals surface area contributed by atoms with Crippen molar-refractivity contribution in [3.63, 3.8) is 0 Å². The van der Waals surface area contributed by atoms with Crippen LogP contribution < -0.4 is 20.7 Å². The minimum Gasteiger partial charge on any atom is -0.482 e. The Labute approximate surface area is 111 Å². The second-order valence-corrected chi connectivity index (χ2v) is 4.34. The number of nitrogens with two attached hydrogens (primary N) is 1. The zero-order valence-electron chi connectivity index (χ0n) is 10.8. The lowest BCUT2D eigenvalue weighted by Gasteiger charge is -2.29. The number of ether oxygens (including phenoxy) is 1. The van der Waals surface area contributed by atoms with E-state index >= 15 is 0 Å². The number of nitrogens with zero attached hydrogens (tertiary/aromatic N) is 1. The van der Waals surface area contributed by atoms with Crippen molar-refractivity contribution in [2.75, 3.05) is 30.8 Å². The molecule has 1 aliphatic heterocycles. The van der Waals surface area contributed by atoms with Crippen LogP contribution in [0.2, 0.25) is 0 Å². The van der Waals surface area contributed by atoms with Crippen LogP contribution in [0.1, 0.15) is 12.8 Å². The lowest BCUT2D eigenvalue weighted by molar-refractivity contribution is -0.122. The summed E-state index contributed by atoms with van der Waals surface area (Å²) in [5.74, 6) is 0.497. The van der Waals surface area contributed by atoms with Crippen LogP contribution in [-0.4, -0.2) is 32.0 Å². The van der Waals surface area contributed by atoms with Crippen molar-refractivity contribution in [3.8, 4) is 5.75 Å². The van der Waals surface area contributed by atoms with Crippen LogP contribution in [0.4, 0.5) is 11.4 Å². The summed E-state index contributed by atoms with van der Waals surface area (Å²) in [7, 11) is 1.60. The average Bonchev–Trinajstić information content (AvgIpc) is 2.41. The molecular formula is C13H17N3O3. The number of hydrogen-bond donors (Lipinski definition) is 2. The number of anilines is 2. The Morgan fingerprint density at radius 3 is 3.05 bits per heavy atom. The Balaban J connectivity index is 2.09. The maximum atomic E-state index is 11.9. The molecule has 1 aliphatic rings. The van der Waals surface area contributed by atoms with E-state index in [2.05, 4.69) is 5.32 Å². The summed E-state index contributed by atoms with van der Waals surface area (Å²) in [5.41, 5.74) is 6.98. The fourth-order valence-electron chi connectivity index (χ4n) is 1.99. The Morgan fingerprint density at radius 2 is 2.32 bits per heavy atom. The van der Waals surface area contributed by atoms with Gasteiger partial charge in [-0.2, -0.15) is 0 Å². The molecule has 0 saturated carbocycles. The first-order chi connectivity index (χ1) is 9.11. The van der Waals surface area contributed by atoms with Gasteiger partial charge in [-0.1, -0.05) is 0 Å². The third-order valence-corrected chi connectivity index (χ3v) is 2.99. The van der Waals surface area contributed by atoms with E-state index < -0.39 is 0 Å². The molecule has 0 unspecified atom stereocenters. The van der Waals surface area contributed by atoms with Gasteiger partial charge in [-0.3, -0.25) is 9.59 Å². The summed E-state index contributed by atoms with van der Waals surface area (Å²) in [4.78, 5) is 24.7. The lowest BCUT2D eigenvalue weighted by atomic mass is 10.2. The van der Waals surface area contributed by atoms with Gasteiger partial charge in [0.05, 0.1) is 5.69 Å². The van der Waals surface area contributed by atoms with Gasteiger partial charge in [-0.25, -0.2) is 0 Å². The number of fused-ring (bicyclic) bond motifs is 1. The maximum absolute atomic E-state index is 11.9. The van der Waals surface area contributed by atoms with Crippen molar-refractivity contribution in [3.05, 3.63) is 18.2 Å². The molecule has 0 aliphatic carbocycles. The van der Waals surface area contributed by atoms with Gasteiger partial charge in [0.25, 0.3) is 5.91 Å². The molecule has 6 nitrogen and oxygen atoms in total. The summed E-state index contributed by atoms with van der Waals surface area (Å²) < 4.78 is 5.34. The van der Waals surface area contributed by atoms with Crippen molar-refractivity contribution in [2.24, 2.45) is 0 Å². The Morgan fingerprint density at radius 1 is 1.53 bits per heavy atom. The molecule has 0 bridgehead atoms. The first-order valence-corrected chi connectivity index (χ1v) is 6.15. The van der Waals surface area contributed by atoms with Gasteiger partial charge >= 0.3 is 0 Å². The van der Waals surface area contributed by atoms with E-state index in [4.69, 9.17) is 10.5 Å². The van der Waals surface area contributed by atoms with E-state index in [-0.39, 0.29) is 18.4 Å². The fraction of sp³-hybridized carbons (Fsp3) is 0.385. The monoisotopic (exact) mass is 263 g/mol. The first kappa shape index (κ1) is 13.2. The molecule has 0 aromatic heterocycles. The number of carbonyl (C=O) groups excluding carboxylic acids is 2. The molecular weight excluding hydrogens is 246 g/mol. The fourth-order valence-corrected chi connectivity index (χ4v) is 1.99. The van der Waals surface area contributed by atoms with E-state index in [1.54, 1.807) is 30.1 Å². The average molecular weight is 263 g/mol. The largest absolute Gasteiger partial charge is 0.482 e. The second kappa shape index (κ2) is 5.60. The molecule has 1 aromatic carbocycles. The highest BCUT2D eigenvalue weighted by Gasteiger charge is 2.25. The van der Waals surface area contributed by atoms with Gasteiger partial charge in [-0.05, 0) is 24.6 Å². The van der Waals surface area contributed by atoms with Crippen LogP contribution in [-0.2, 0) is 9.59 Å². The molecule has 19 heavy (non-hydrogen) atoms. The zero-order chi connectivity index (χ0) is 13.8. The Kier molecular flexibility index (Phi) is 3.89. The van der Waals surface area contributed by atoms with Crippen LogP contribution in [0.3, 0.4) is 0 Å². The minimum absolute atomic E-state index is 0.0247. The molecule has 0 fully saturated rings. The van der Waals surface area contributed by atoms with Crippen molar-refractivity contribution >= 4 is 23.2 Å². The van der Waals surface area contributed by atoms with Gasteiger partial charge in [0.2, 0.25) is 5.91 Å². The van der Waals surface area contributed by atoms with E-state index in [0.29, 0.717) is 36.5 Å². The lowest BCUT2D eigenvalue weighted by Crippen LogP contribution is -2.39. The third-order valence-electron chi connectivity index (χ3n) is 2.99. The molecule has 1 heterocycles. The predicted octanol–water partition coefficient (Wildman–Crippen LogP) is 0.520. The smallest absolute Gasteiger partial charge is 0.265 e. The number of nitrogens with one attached hydrogen (secondary N) is 1. The van der Waals surface area contributed by atoms with Gasteiger partial charge in [0.15, 0.2) is 6.61 Å². The highest BCUT2D eigenvalue weighted by Crippen LogP contribution is 2.33. The van der Waals surface area contributed by atoms with E-state index in [1.165, 1.54) is 0 Å². The number of benzene rings is 1. The van der Waals surface area contributed by atoms with E-state index in [9.17, 15) is 9.59 Å². The SMILES string of the molecule is CNC(=O)CCCN1C(=O)COc2ccc(N)cc21. The summed E-state index contributed by atoms with van der Waals surface area (Å²) in [6.45, 7) is 0.503. The van der Waals surface area contributed by atoms with Gasteiger partial charge < -0.3 is 20.7 Å². The van der Waals surface area contributed by atoms with E-state index in [0.717, 1.165) is 0 Å². The van der Waals surface area contributed by atoms with Crippen LogP contribution in [0.5, 0.6) is 5.75 Å². The molecule has 0 saturated heterocycles. The van der Waals surface area contributed by atoms with Crippen molar-refractivity contribution < 1.29 is 14.3 Å². The van der Waals surface area contributed by atoms with Crippen molar-refractivity contribution in [1.29, 1.82) is 0 Å². The molecule has 0 atom stereocenters. The third kappa shape index (κ3) is 2.96. The van der Waals surface area contributed by atoms with Crippen LogP contribution in [0, 0.1) is 0 Å². The zero-order valence-corrected chi connectivity index (χ0v) is 10.8. The predicted molar refractivity (Wildman–Crippen MR) is 72.0 cm³/mol. The molecule has 2 rings (SSSR count). The molecule has 6 heteroatoms. The second-order valence-electron chi connectivity index (χ2n) is 4.34. The number of carbonyl (C=O) groups is 2. The number of nitrogen functional groups attached to an aromatic ring is 1. The molecule has 102 valence electrons. The standard InChI is InChI=1S/C13H17N3O3/c1-15-12(17)3-2-6-16-10-7-9(14)4-5-11(10)19-8-13(16)18/h4-5,7H,2-3,6,8,14H2,1H3,(H,15,17). The van der Waals surface area contributed by atoms with Gasteiger partial charge in [0.1, 0.15) is 5.75 Å². The van der Waals surface area contributed by atoms with Gasteiger partial charge in [0, 0.05) is 25.7 Å². The molecule has 2 amide bonds. The summed E-state index contributed by atoms with van der Waals surface area (Å²) in [5, 5.41) is 2.56. The van der Waals surface area contributed by atoms with Crippen LogP contribution in [0.25, 0.3) is 0 Å². The first-order valence-electron chi connectivity index (χ1n) is 6.15. The maximum Gasteiger partial charge on any atom is 0.265 e. The normalized spacial score (nSPS) is 13.7. The van der Waals surface area contributed by atoms with Crippen molar-refractivity contribution in [2.45, 2.75) is 12.8 Å². The molecule has 3 N–H and O–H groups in total. The Hall–Kier alpha value is -2.24. The topological polar surface area (TPSA) is 84.7 Å². The molecule has 0 spiro atoms. The van der Waals surface area contributed by atoms with E-state index in [1.807, 2.05) is 0 Å². The van der Waals surface area contributed by atoms with Crippen LogP contribution in [0.15, 0.2) is 18.2 Å². The highest BCUT2D eigenvalue weighted by molar-refractivity contribution is 5.98. The number of amides is 2. The van der Waals surface area contributed by atoms with Crippen molar-refractivity contribution in [1.82, 2.24) is 5.32 Å². The summed E-state index contributed by atoms with van der Waals surface area (Å²) in [6.07, 6.45) is 0.985. The minimum atomic E-state index is -0.116. The molecule has 1 aromatic rings.